The molecule has 0 radical (unpaired) electrons. The molecule has 6 nitrogen and oxygen atoms in total. The summed E-state index contributed by atoms with van der Waals surface area (Å²) in [5.74, 6) is 0.747. The van der Waals surface area contributed by atoms with Crippen LogP contribution in [0.2, 0.25) is 0 Å². The average Bonchev–Trinajstić information content (AvgIpc) is 3.44. The van der Waals surface area contributed by atoms with Crippen LogP contribution in [0.4, 0.5) is 5.69 Å². The van der Waals surface area contributed by atoms with Crippen LogP contribution >= 0.6 is 0 Å². The van der Waals surface area contributed by atoms with E-state index in [1.165, 1.54) is 11.8 Å². The number of amides is 2. The van der Waals surface area contributed by atoms with Crippen LogP contribution in [0, 0.1) is 0 Å². The minimum absolute atomic E-state index is 0.0320. The Balaban J connectivity index is 1.41. The normalized spacial score (nSPS) is 10.5. The summed E-state index contributed by atoms with van der Waals surface area (Å²) < 4.78 is 10.6. The Kier molecular flexibility index (Phi) is 7.96. The summed E-state index contributed by atoms with van der Waals surface area (Å²) in [6.45, 7) is 0.955. The van der Waals surface area contributed by atoms with Gasteiger partial charge in [-0.25, -0.2) is 0 Å². The van der Waals surface area contributed by atoms with Crippen LogP contribution in [0.3, 0.4) is 0 Å². The Bertz CT molecular complexity index is 1220. The van der Waals surface area contributed by atoms with E-state index in [9.17, 15) is 9.59 Å². The molecule has 4 aromatic rings. The van der Waals surface area contributed by atoms with Gasteiger partial charge in [0.05, 0.1) is 26.3 Å². The summed E-state index contributed by atoms with van der Waals surface area (Å²) in [6, 6.07) is 28.5. The maximum Gasteiger partial charge on any atom is 0.294 e. The first-order valence-electron chi connectivity index (χ1n) is 11.5. The zero-order valence-electron chi connectivity index (χ0n) is 19.6. The highest BCUT2D eigenvalue weighted by Crippen LogP contribution is 2.22. The maximum absolute atomic E-state index is 13.2. The average molecular weight is 469 g/mol. The number of carbonyl (C=O) groups is 2. The van der Waals surface area contributed by atoms with Crippen LogP contribution in [0.15, 0.2) is 102 Å². The van der Waals surface area contributed by atoms with Gasteiger partial charge in [-0.15, -0.1) is 0 Å². The van der Waals surface area contributed by atoms with Crippen molar-refractivity contribution in [3.63, 3.8) is 0 Å². The predicted molar refractivity (Wildman–Crippen MR) is 136 cm³/mol. The molecule has 3 aromatic carbocycles. The van der Waals surface area contributed by atoms with E-state index in [0.29, 0.717) is 13.1 Å². The highest BCUT2D eigenvalue weighted by Gasteiger charge is 2.20. The Labute approximate surface area is 205 Å². The summed E-state index contributed by atoms with van der Waals surface area (Å²) in [5.41, 5.74) is 3.74. The van der Waals surface area contributed by atoms with E-state index in [4.69, 9.17) is 9.15 Å². The minimum Gasteiger partial charge on any atom is -0.497 e. The topological polar surface area (TPSA) is 71.8 Å². The van der Waals surface area contributed by atoms with E-state index >= 15 is 0 Å². The van der Waals surface area contributed by atoms with Gasteiger partial charge in [0, 0.05) is 12.2 Å². The molecule has 35 heavy (non-hydrogen) atoms. The van der Waals surface area contributed by atoms with Gasteiger partial charge >= 0.3 is 0 Å². The second kappa shape index (κ2) is 11.7. The first kappa shape index (κ1) is 23.8. The number of carbonyl (C=O) groups excluding carboxylic acids is 2. The van der Waals surface area contributed by atoms with Crippen LogP contribution in [0.25, 0.3) is 0 Å². The fourth-order valence-corrected chi connectivity index (χ4v) is 3.76. The molecule has 0 saturated heterocycles. The smallest absolute Gasteiger partial charge is 0.294 e. The van der Waals surface area contributed by atoms with E-state index < -0.39 is 0 Å². The Hall–Kier alpha value is -4.32. The first-order valence-corrected chi connectivity index (χ1v) is 11.5. The molecule has 1 heterocycles. The van der Waals surface area contributed by atoms with Crippen molar-refractivity contribution in [1.82, 2.24) is 5.32 Å². The van der Waals surface area contributed by atoms with Gasteiger partial charge in [0.1, 0.15) is 5.75 Å². The Morgan fingerprint density at radius 2 is 1.54 bits per heavy atom. The lowest BCUT2D eigenvalue weighted by molar-refractivity contribution is -0.120. The van der Waals surface area contributed by atoms with Crippen molar-refractivity contribution in [1.29, 1.82) is 0 Å². The van der Waals surface area contributed by atoms with Crippen LogP contribution in [0.5, 0.6) is 5.75 Å². The van der Waals surface area contributed by atoms with Gasteiger partial charge in [-0.05, 0) is 59.5 Å². The summed E-state index contributed by atoms with van der Waals surface area (Å²) in [7, 11) is 1.62. The monoisotopic (exact) mass is 468 g/mol. The van der Waals surface area contributed by atoms with E-state index in [-0.39, 0.29) is 24.0 Å². The van der Waals surface area contributed by atoms with Crippen LogP contribution in [0.1, 0.15) is 27.2 Å². The third kappa shape index (κ3) is 6.60. The molecule has 4 rings (SSSR count). The lowest BCUT2D eigenvalue weighted by Gasteiger charge is -2.22. The highest BCUT2D eigenvalue weighted by molar-refractivity contribution is 6.04. The van der Waals surface area contributed by atoms with Crippen molar-refractivity contribution in [2.75, 3.05) is 18.6 Å². The molecule has 0 aliphatic rings. The van der Waals surface area contributed by atoms with E-state index in [2.05, 4.69) is 5.32 Å². The summed E-state index contributed by atoms with van der Waals surface area (Å²) in [6.07, 6.45) is 2.55. The Morgan fingerprint density at radius 1 is 0.829 bits per heavy atom. The van der Waals surface area contributed by atoms with Crippen molar-refractivity contribution in [2.24, 2.45) is 0 Å². The fraction of sp³-hybridized carbons (Fsp3) is 0.172. The zero-order chi connectivity index (χ0) is 24.5. The number of benzene rings is 3. The predicted octanol–water partition coefficient (Wildman–Crippen LogP) is 5.04. The van der Waals surface area contributed by atoms with E-state index in [1.807, 2.05) is 78.9 Å². The molecule has 0 fully saturated rings. The van der Waals surface area contributed by atoms with Gasteiger partial charge in [-0.1, -0.05) is 54.6 Å². The lowest BCUT2D eigenvalue weighted by Crippen LogP contribution is -2.30. The molecule has 0 aliphatic carbocycles. The number of rotatable bonds is 10. The van der Waals surface area contributed by atoms with Gasteiger partial charge in [0.2, 0.25) is 5.91 Å². The molecule has 0 atom stereocenters. The summed E-state index contributed by atoms with van der Waals surface area (Å²) in [4.78, 5) is 27.2. The van der Waals surface area contributed by atoms with Crippen LogP contribution < -0.4 is 15.0 Å². The molecule has 178 valence electrons. The van der Waals surface area contributed by atoms with Crippen molar-refractivity contribution < 1.29 is 18.7 Å². The lowest BCUT2D eigenvalue weighted by atomic mass is 10.1. The van der Waals surface area contributed by atoms with Gasteiger partial charge in [0.15, 0.2) is 5.76 Å². The van der Waals surface area contributed by atoms with Crippen molar-refractivity contribution >= 4 is 17.5 Å². The van der Waals surface area contributed by atoms with Gasteiger partial charge in [0.25, 0.3) is 5.91 Å². The van der Waals surface area contributed by atoms with Crippen molar-refractivity contribution in [3.8, 4) is 5.75 Å². The molecule has 6 heteroatoms. The standard InChI is InChI=1S/C29H28N2O4/c1-34-26-15-11-24(12-16-26)21-31(29(33)27-8-5-19-35-27)25-13-9-23(10-14-25)20-28(32)30-18-17-22-6-3-2-4-7-22/h2-16,19H,17-18,20-21H2,1H3,(H,30,32). The molecular formula is C29H28N2O4. The molecule has 0 spiro atoms. The number of hydrogen-bond donors (Lipinski definition) is 1. The number of furan rings is 1. The highest BCUT2D eigenvalue weighted by atomic mass is 16.5. The van der Waals surface area contributed by atoms with Gasteiger partial charge in [-0.3, -0.25) is 9.59 Å². The second-order valence-electron chi connectivity index (χ2n) is 8.15. The van der Waals surface area contributed by atoms with E-state index in [0.717, 1.165) is 29.0 Å². The summed E-state index contributed by atoms with van der Waals surface area (Å²) in [5, 5.41) is 2.97. The Morgan fingerprint density at radius 3 is 2.20 bits per heavy atom. The number of anilines is 1. The molecule has 0 saturated carbocycles. The molecule has 0 aliphatic heterocycles. The van der Waals surface area contributed by atoms with Crippen LogP contribution in [-0.2, 0) is 24.2 Å². The van der Waals surface area contributed by atoms with E-state index in [1.54, 1.807) is 24.1 Å². The number of hydrogen-bond acceptors (Lipinski definition) is 4. The molecule has 0 unspecified atom stereocenters. The van der Waals surface area contributed by atoms with Gasteiger partial charge in [-0.2, -0.15) is 0 Å². The van der Waals surface area contributed by atoms with Crippen molar-refractivity contribution in [2.45, 2.75) is 19.4 Å². The maximum atomic E-state index is 13.2. The second-order valence-corrected chi connectivity index (χ2v) is 8.15. The molecule has 2 amide bonds. The molecular weight excluding hydrogens is 440 g/mol. The fourth-order valence-electron chi connectivity index (χ4n) is 3.76. The summed E-state index contributed by atoms with van der Waals surface area (Å²) >= 11 is 0. The van der Waals surface area contributed by atoms with Crippen molar-refractivity contribution in [3.05, 3.63) is 120 Å². The number of nitrogens with zero attached hydrogens (tertiary/aromatic N) is 1. The van der Waals surface area contributed by atoms with Crippen LogP contribution in [-0.4, -0.2) is 25.5 Å². The molecule has 1 aromatic heterocycles. The molecule has 0 bridgehead atoms. The third-order valence-corrected chi connectivity index (χ3v) is 5.67. The van der Waals surface area contributed by atoms with Gasteiger partial charge < -0.3 is 19.4 Å². The number of ether oxygens (including phenoxy) is 1. The first-order chi connectivity index (χ1) is 17.1. The SMILES string of the molecule is COc1ccc(CN(C(=O)c2ccco2)c2ccc(CC(=O)NCCc3ccccc3)cc2)cc1. The number of methoxy groups -OCH3 is 1. The largest absolute Gasteiger partial charge is 0.497 e. The zero-order valence-corrected chi connectivity index (χ0v) is 19.6. The number of nitrogens with one attached hydrogen (secondary N) is 1. The minimum atomic E-state index is -0.239. The quantitative estimate of drug-likeness (QED) is 0.354. The third-order valence-electron chi connectivity index (χ3n) is 5.67. The molecule has 1 N–H and O–H groups in total.